The molecule has 0 bridgehead atoms. The smallest absolute Gasteiger partial charge is 0.326 e. The monoisotopic (exact) mass is 561 g/mol. The maximum Gasteiger partial charge on any atom is 0.326 e. The maximum atomic E-state index is 13.2. The molecule has 0 fully saturated rings. The number of hydrogen-bond donors (Lipinski definition) is 7. The predicted molar refractivity (Wildman–Crippen MR) is 145 cm³/mol. The Labute approximate surface area is 230 Å². The lowest BCUT2D eigenvalue weighted by atomic mass is 10.0. The van der Waals surface area contributed by atoms with E-state index in [0.717, 1.165) is 0 Å². The van der Waals surface area contributed by atoms with E-state index in [2.05, 4.69) is 25.9 Å². The molecular weight excluding hydrogens is 526 g/mol. The van der Waals surface area contributed by atoms with Crippen LogP contribution in [0.1, 0.15) is 30.5 Å². The van der Waals surface area contributed by atoms with Gasteiger partial charge in [0.25, 0.3) is 0 Å². The number of imidazole rings is 1. The second-order valence-corrected chi connectivity index (χ2v) is 9.87. The molecule has 4 amide bonds. The van der Waals surface area contributed by atoms with Crippen molar-refractivity contribution in [3.63, 3.8) is 0 Å². The van der Waals surface area contributed by atoms with Crippen LogP contribution in [-0.4, -0.2) is 80.8 Å². The molecule has 0 radical (unpaired) electrons. The van der Waals surface area contributed by atoms with Crippen LogP contribution in [0.4, 0.5) is 0 Å². The van der Waals surface area contributed by atoms with Gasteiger partial charge in [0.05, 0.1) is 12.4 Å². The molecule has 9 N–H and O–H groups in total. The summed E-state index contributed by atoms with van der Waals surface area (Å²) in [5.41, 5.74) is 12.4. The van der Waals surface area contributed by atoms with E-state index in [-0.39, 0.29) is 25.7 Å². The highest BCUT2D eigenvalue weighted by atomic mass is 32.2. The van der Waals surface area contributed by atoms with Crippen molar-refractivity contribution in [1.29, 1.82) is 0 Å². The van der Waals surface area contributed by atoms with Gasteiger partial charge in [-0.2, -0.15) is 11.8 Å². The highest BCUT2D eigenvalue weighted by Gasteiger charge is 2.31. The number of aromatic amines is 1. The first kappa shape index (κ1) is 31.3. The Morgan fingerprint density at radius 1 is 0.949 bits per heavy atom. The molecule has 4 atom stereocenters. The molecule has 0 aliphatic carbocycles. The minimum Gasteiger partial charge on any atom is -0.480 e. The van der Waals surface area contributed by atoms with Gasteiger partial charge < -0.3 is 37.5 Å². The van der Waals surface area contributed by atoms with Crippen LogP contribution in [-0.2, 0) is 36.8 Å². The molecule has 1 aromatic heterocycles. The maximum absolute atomic E-state index is 13.2. The minimum absolute atomic E-state index is 0.0257. The number of hydrogen-bond acceptors (Lipinski definition) is 8. The van der Waals surface area contributed by atoms with E-state index in [1.165, 1.54) is 24.3 Å². The van der Waals surface area contributed by atoms with E-state index in [9.17, 15) is 29.1 Å². The lowest BCUT2D eigenvalue weighted by molar-refractivity contribution is -0.142. The van der Waals surface area contributed by atoms with Crippen molar-refractivity contribution >= 4 is 41.4 Å². The number of nitrogens with two attached hydrogens (primary N) is 2. The molecule has 0 aliphatic rings. The third-order valence-electron chi connectivity index (χ3n) is 5.79. The number of thioether (sulfide) groups is 1. The van der Waals surface area contributed by atoms with E-state index in [4.69, 9.17) is 11.5 Å². The van der Waals surface area contributed by atoms with Crippen LogP contribution >= 0.6 is 11.8 Å². The first-order valence-corrected chi connectivity index (χ1v) is 13.7. The number of H-pyrrole nitrogens is 1. The largest absolute Gasteiger partial charge is 0.480 e. The van der Waals surface area contributed by atoms with Gasteiger partial charge in [-0.1, -0.05) is 30.3 Å². The molecule has 0 saturated carbocycles. The lowest BCUT2D eigenvalue weighted by Gasteiger charge is -2.25. The van der Waals surface area contributed by atoms with Gasteiger partial charge >= 0.3 is 5.97 Å². The normalized spacial score (nSPS) is 13.9. The second-order valence-electron chi connectivity index (χ2n) is 8.89. The fourth-order valence-corrected chi connectivity index (χ4v) is 4.12. The lowest BCUT2D eigenvalue weighted by Crippen LogP contribution is -2.58. The van der Waals surface area contributed by atoms with Gasteiger partial charge in [-0.15, -0.1) is 0 Å². The van der Waals surface area contributed by atoms with Crippen molar-refractivity contribution in [3.05, 3.63) is 54.1 Å². The SMILES string of the molecule is CSCCC(N)C(=O)NC(CCC(N)=O)C(=O)NC(Cc1cnc[nH]1)C(=O)NC(Cc1ccccc1)C(=O)O. The van der Waals surface area contributed by atoms with Crippen LogP contribution in [0, 0.1) is 0 Å². The number of aliphatic carboxylic acids is 1. The zero-order valence-corrected chi connectivity index (χ0v) is 22.4. The first-order chi connectivity index (χ1) is 18.6. The predicted octanol–water partition coefficient (Wildman–Crippen LogP) is -0.920. The van der Waals surface area contributed by atoms with Crippen LogP contribution in [0.5, 0.6) is 0 Å². The number of rotatable bonds is 17. The number of aromatic nitrogens is 2. The summed E-state index contributed by atoms with van der Waals surface area (Å²) in [4.78, 5) is 69.1. The van der Waals surface area contributed by atoms with Crippen LogP contribution in [0.3, 0.4) is 0 Å². The number of carbonyl (C=O) groups excluding carboxylic acids is 4. The number of amides is 4. The van der Waals surface area contributed by atoms with E-state index in [0.29, 0.717) is 23.4 Å². The average molecular weight is 562 g/mol. The number of primary amides is 1. The second kappa shape index (κ2) is 16.1. The van der Waals surface area contributed by atoms with E-state index >= 15 is 0 Å². The molecule has 0 spiro atoms. The van der Waals surface area contributed by atoms with Gasteiger partial charge in [0.2, 0.25) is 23.6 Å². The number of nitrogens with zero attached hydrogens (tertiary/aromatic N) is 1. The van der Waals surface area contributed by atoms with Crippen LogP contribution in [0.25, 0.3) is 0 Å². The van der Waals surface area contributed by atoms with Crippen molar-refractivity contribution in [3.8, 4) is 0 Å². The summed E-state index contributed by atoms with van der Waals surface area (Å²) in [6, 6.07) is 4.20. The van der Waals surface area contributed by atoms with Crippen molar-refractivity contribution in [1.82, 2.24) is 25.9 Å². The van der Waals surface area contributed by atoms with Crippen LogP contribution in [0.2, 0.25) is 0 Å². The zero-order chi connectivity index (χ0) is 28.8. The Hall–Kier alpha value is -3.91. The Morgan fingerprint density at radius 2 is 1.59 bits per heavy atom. The zero-order valence-electron chi connectivity index (χ0n) is 21.6. The quantitative estimate of drug-likeness (QED) is 0.127. The molecule has 212 valence electrons. The highest BCUT2D eigenvalue weighted by Crippen LogP contribution is 2.07. The molecule has 39 heavy (non-hydrogen) atoms. The molecule has 0 saturated heterocycles. The summed E-state index contributed by atoms with van der Waals surface area (Å²) in [6.45, 7) is 0. The Morgan fingerprint density at radius 3 is 2.18 bits per heavy atom. The van der Waals surface area contributed by atoms with Gasteiger partial charge in [-0.05, 0) is 30.4 Å². The van der Waals surface area contributed by atoms with E-state index in [1.807, 2.05) is 6.26 Å². The van der Waals surface area contributed by atoms with Crippen molar-refractivity contribution in [2.75, 3.05) is 12.0 Å². The Balaban J connectivity index is 2.20. The fourth-order valence-electron chi connectivity index (χ4n) is 3.63. The van der Waals surface area contributed by atoms with Crippen LogP contribution < -0.4 is 27.4 Å². The molecule has 1 heterocycles. The summed E-state index contributed by atoms with van der Waals surface area (Å²) in [6.07, 6.45) is 4.76. The summed E-state index contributed by atoms with van der Waals surface area (Å²) >= 11 is 1.51. The van der Waals surface area contributed by atoms with Gasteiger partial charge in [-0.25, -0.2) is 9.78 Å². The van der Waals surface area contributed by atoms with Gasteiger partial charge in [0.1, 0.15) is 18.1 Å². The standard InChI is InChI=1S/C25H35N7O6S/c1-39-10-9-17(26)22(34)30-18(7-8-21(27)33)23(35)31-19(12-16-13-28-14-29-16)24(36)32-20(25(37)38)11-15-5-3-2-4-6-15/h2-6,13-14,17-20H,7-12,26H2,1H3,(H2,27,33)(H,28,29)(H,30,34)(H,31,35)(H,32,36)(H,37,38). The third kappa shape index (κ3) is 11.2. The summed E-state index contributed by atoms with van der Waals surface area (Å²) in [5.74, 6) is -3.38. The van der Waals surface area contributed by atoms with Crippen LogP contribution in [0.15, 0.2) is 42.9 Å². The Bertz CT molecular complexity index is 1100. The topological polar surface area (TPSA) is 222 Å². The molecule has 14 heteroatoms. The van der Waals surface area contributed by atoms with Gasteiger partial charge in [0.15, 0.2) is 0 Å². The average Bonchev–Trinajstić information content (AvgIpc) is 3.42. The van der Waals surface area contributed by atoms with E-state index in [1.54, 1.807) is 30.3 Å². The summed E-state index contributed by atoms with van der Waals surface area (Å²) in [7, 11) is 0. The number of carbonyl (C=O) groups is 5. The minimum atomic E-state index is -1.26. The van der Waals surface area contributed by atoms with E-state index < -0.39 is 53.8 Å². The molecule has 4 unspecified atom stereocenters. The molecule has 1 aromatic carbocycles. The molecule has 0 aliphatic heterocycles. The van der Waals surface area contributed by atoms with Crippen molar-refractivity contribution < 1.29 is 29.1 Å². The Kier molecular flexibility index (Phi) is 13.0. The molecule has 2 rings (SSSR count). The number of benzene rings is 1. The molecule has 2 aromatic rings. The number of carboxylic acid groups (broad SMARTS) is 1. The molecule has 13 nitrogen and oxygen atoms in total. The number of nitrogens with one attached hydrogen (secondary N) is 4. The van der Waals surface area contributed by atoms with Crippen molar-refractivity contribution in [2.45, 2.75) is 56.3 Å². The fraction of sp³-hybridized carbons (Fsp3) is 0.440. The first-order valence-electron chi connectivity index (χ1n) is 12.3. The summed E-state index contributed by atoms with van der Waals surface area (Å²) < 4.78 is 0. The summed E-state index contributed by atoms with van der Waals surface area (Å²) in [5, 5.41) is 17.3. The van der Waals surface area contributed by atoms with Gasteiger partial charge in [0, 0.05) is 31.2 Å². The molecular formula is C25H35N7O6S. The third-order valence-corrected chi connectivity index (χ3v) is 6.44. The highest BCUT2D eigenvalue weighted by molar-refractivity contribution is 7.98. The van der Waals surface area contributed by atoms with Gasteiger partial charge in [-0.3, -0.25) is 19.2 Å². The van der Waals surface area contributed by atoms with Crippen molar-refractivity contribution in [2.24, 2.45) is 11.5 Å². The number of carboxylic acids is 1.